The number of aryl methyl sites for hydroxylation is 1. The van der Waals surface area contributed by atoms with E-state index in [1.165, 1.54) is 5.56 Å². The highest BCUT2D eigenvalue weighted by molar-refractivity contribution is 6.09. The van der Waals surface area contributed by atoms with Crippen molar-refractivity contribution in [2.24, 2.45) is 5.92 Å². The van der Waals surface area contributed by atoms with Gasteiger partial charge in [-0.25, -0.2) is 0 Å². The lowest BCUT2D eigenvalue weighted by Gasteiger charge is -2.15. The third-order valence-corrected chi connectivity index (χ3v) is 4.43. The van der Waals surface area contributed by atoms with E-state index < -0.39 is 0 Å². The summed E-state index contributed by atoms with van der Waals surface area (Å²) in [5, 5.41) is 0.894. The van der Waals surface area contributed by atoms with Gasteiger partial charge in [0.2, 0.25) is 5.78 Å². The topological polar surface area (TPSA) is 59.2 Å². The maximum absolute atomic E-state index is 12.4. The zero-order chi connectivity index (χ0) is 16.2. The third kappa shape index (κ3) is 3.21. The molecule has 0 amide bonds. The van der Waals surface area contributed by atoms with Crippen LogP contribution in [0.1, 0.15) is 42.1 Å². The lowest BCUT2D eigenvalue weighted by atomic mass is 9.95. The van der Waals surface area contributed by atoms with Crippen molar-refractivity contribution in [2.75, 3.05) is 6.61 Å². The second kappa shape index (κ2) is 6.82. The molecule has 120 valence electrons. The number of Topliss-reactive ketones (excluding diaryl/α,β-unsaturated/α-hetero) is 1. The highest BCUT2D eigenvalue weighted by Crippen LogP contribution is 2.23. The molecule has 1 aromatic heterocycles. The Balaban J connectivity index is 1.69. The van der Waals surface area contributed by atoms with Crippen molar-refractivity contribution < 1.29 is 14.3 Å². The van der Waals surface area contributed by atoms with Gasteiger partial charge in [0.25, 0.3) is 0 Å². The van der Waals surface area contributed by atoms with Crippen LogP contribution in [0.4, 0.5) is 0 Å². The van der Waals surface area contributed by atoms with Gasteiger partial charge in [-0.2, -0.15) is 0 Å². The Morgan fingerprint density at radius 1 is 1.30 bits per heavy atom. The van der Waals surface area contributed by atoms with Crippen LogP contribution in [-0.4, -0.2) is 23.3 Å². The molecule has 23 heavy (non-hydrogen) atoms. The smallest absolute Gasteiger partial charge is 0.309 e. The Morgan fingerprint density at radius 2 is 2.17 bits per heavy atom. The SMILES string of the molecule is CCc1cccc2c(C(=O)COC(=O)[C@H]3CC=CCC3)c[nH]c12. The minimum atomic E-state index is -0.267. The number of fused-ring (bicyclic) bond motifs is 1. The van der Waals surface area contributed by atoms with Crippen LogP contribution >= 0.6 is 0 Å². The van der Waals surface area contributed by atoms with Crippen molar-refractivity contribution >= 4 is 22.7 Å². The summed E-state index contributed by atoms with van der Waals surface area (Å²) in [5.74, 6) is -0.538. The van der Waals surface area contributed by atoms with E-state index in [0.717, 1.165) is 30.2 Å². The normalized spacial score (nSPS) is 17.3. The Kier molecular flexibility index (Phi) is 4.60. The second-order valence-electron chi connectivity index (χ2n) is 5.91. The Bertz CT molecular complexity index is 757. The zero-order valence-corrected chi connectivity index (χ0v) is 13.3. The van der Waals surface area contributed by atoms with E-state index in [1.54, 1.807) is 6.20 Å². The molecule has 4 nitrogen and oxygen atoms in total. The van der Waals surface area contributed by atoms with E-state index >= 15 is 0 Å². The molecule has 0 spiro atoms. The Morgan fingerprint density at radius 3 is 2.91 bits per heavy atom. The van der Waals surface area contributed by atoms with Gasteiger partial charge in [0.1, 0.15) is 0 Å². The number of esters is 1. The van der Waals surface area contributed by atoms with Crippen LogP contribution in [0, 0.1) is 5.92 Å². The van der Waals surface area contributed by atoms with Crippen LogP contribution in [0.15, 0.2) is 36.5 Å². The molecular formula is C19H21NO3. The summed E-state index contributed by atoms with van der Waals surface area (Å²) >= 11 is 0. The van der Waals surface area contributed by atoms with Gasteiger partial charge < -0.3 is 9.72 Å². The van der Waals surface area contributed by atoms with Gasteiger partial charge in [-0.3, -0.25) is 9.59 Å². The molecule has 0 unspecified atom stereocenters. The minimum absolute atomic E-state index is 0.109. The molecule has 0 saturated carbocycles. The van der Waals surface area contributed by atoms with Gasteiger partial charge in [-0.15, -0.1) is 0 Å². The van der Waals surface area contributed by atoms with Gasteiger partial charge in [0, 0.05) is 22.7 Å². The van der Waals surface area contributed by atoms with Gasteiger partial charge in [-0.05, 0) is 31.2 Å². The first-order valence-electron chi connectivity index (χ1n) is 8.14. The summed E-state index contributed by atoms with van der Waals surface area (Å²) in [6.07, 6.45) is 9.10. The number of benzene rings is 1. The number of para-hydroxylation sites is 1. The van der Waals surface area contributed by atoms with Crippen LogP contribution in [0.3, 0.4) is 0 Å². The van der Waals surface area contributed by atoms with Crippen LogP contribution in [0.5, 0.6) is 0 Å². The molecule has 1 N–H and O–H groups in total. The molecule has 0 aliphatic heterocycles. The Hall–Kier alpha value is -2.36. The summed E-state index contributed by atoms with van der Waals surface area (Å²) in [6.45, 7) is 1.89. The number of carbonyl (C=O) groups excluding carboxylic acids is 2. The van der Waals surface area contributed by atoms with Crippen molar-refractivity contribution in [3.63, 3.8) is 0 Å². The number of allylic oxidation sites excluding steroid dienone is 2. The molecule has 1 aromatic carbocycles. The van der Waals surface area contributed by atoms with E-state index in [2.05, 4.69) is 18.0 Å². The summed E-state index contributed by atoms with van der Waals surface area (Å²) in [7, 11) is 0. The molecule has 1 aliphatic carbocycles. The maximum atomic E-state index is 12.4. The van der Waals surface area contributed by atoms with Crippen molar-refractivity contribution in [2.45, 2.75) is 32.6 Å². The highest BCUT2D eigenvalue weighted by Gasteiger charge is 2.22. The van der Waals surface area contributed by atoms with Gasteiger partial charge in [0.05, 0.1) is 5.92 Å². The predicted octanol–water partition coefficient (Wildman–Crippen LogP) is 3.81. The fourth-order valence-corrected chi connectivity index (χ4v) is 3.08. The van der Waals surface area contributed by atoms with Crippen LogP contribution < -0.4 is 0 Å². The number of hydrogen-bond acceptors (Lipinski definition) is 3. The second-order valence-corrected chi connectivity index (χ2v) is 5.91. The van der Waals surface area contributed by atoms with Crippen molar-refractivity contribution in [1.29, 1.82) is 0 Å². The molecule has 0 bridgehead atoms. The van der Waals surface area contributed by atoms with Crippen LogP contribution in [0.25, 0.3) is 10.9 Å². The third-order valence-electron chi connectivity index (χ3n) is 4.43. The molecule has 4 heteroatoms. The molecule has 1 heterocycles. The number of carbonyl (C=O) groups is 2. The van der Waals surface area contributed by atoms with E-state index in [1.807, 2.05) is 24.3 Å². The van der Waals surface area contributed by atoms with Crippen molar-refractivity contribution in [3.05, 3.63) is 47.7 Å². The average molecular weight is 311 g/mol. The monoisotopic (exact) mass is 311 g/mol. The van der Waals surface area contributed by atoms with Crippen LogP contribution in [-0.2, 0) is 16.0 Å². The quantitative estimate of drug-likeness (QED) is 0.519. The lowest BCUT2D eigenvalue weighted by molar-refractivity contribution is -0.147. The molecule has 0 saturated heterocycles. The van der Waals surface area contributed by atoms with Crippen molar-refractivity contribution in [1.82, 2.24) is 4.98 Å². The first-order chi connectivity index (χ1) is 11.2. The van der Waals surface area contributed by atoms with Gasteiger partial charge >= 0.3 is 5.97 Å². The Labute approximate surface area is 135 Å². The first-order valence-corrected chi connectivity index (χ1v) is 8.14. The maximum Gasteiger partial charge on any atom is 0.309 e. The standard InChI is InChI=1S/C19H21NO3/c1-2-13-9-6-10-15-16(11-20-18(13)15)17(21)12-23-19(22)14-7-4-3-5-8-14/h3-4,6,9-11,14,20H,2,5,7-8,12H2,1H3/t14-/m0/s1. The lowest BCUT2D eigenvalue weighted by Crippen LogP contribution is -2.22. The molecule has 1 aliphatic rings. The number of rotatable bonds is 5. The number of nitrogens with one attached hydrogen (secondary N) is 1. The fraction of sp³-hybridized carbons (Fsp3) is 0.368. The number of aromatic nitrogens is 1. The first kappa shape index (κ1) is 15.5. The summed E-state index contributed by atoms with van der Waals surface area (Å²) < 4.78 is 5.24. The van der Waals surface area contributed by atoms with E-state index in [4.69, 9.17) is 4.74 Å². The molecule has 1 atom stereocenters. The largest absolute Gasteiger partial charge is 0.457 e. The van der Waals surface area contributed by atoms with E-state index in [0.29, 0.717) is 12.0 Å². The summed E-state index contributed by atoms with van der Waals surface area (Å²) in [6, 6.07) is 5.92. The summed E-state index contributed by atoms with van der Waals surface area (Å²) in [4.78, 5) is 27.6. The number of H-pyrrole nitrogens is 1. The summed E-state index contributed by atoms with van der Waals surface area (Å²) in [5.41, 5.74) is 2.75. The average Bonchev–Trinajstić information content (AvgIpc) is 3.04. The van der Waals surface area contributed by atoms with Gasteiger partial charge in [0.15, 0.2) is 6.61 Å². The van der Waals surface area contributed by atoms with Gasteiger partial charge in [-0.1, -0.05) is 37.3 Å². The highest BCUT2D eigenvalue weighted by atomic mass is 16.5. The van der Waals surface area contributed by atoms with Crippen molar-refractivity contribution in [3.8, 4) is 0 Å². The molecular weight excluding hydrogens is 290 g/mol. The molecule has 0 radical (unpaired) electrons. The fourth-order valence-electron chi connectivity index (χ4n) is 3.08. The molecule has 2 aromatic rings. The number of hydrogen-bond donors (Lipinski definition) is 1. The van der Waals surface area contributed by atoms with E-state index in [-0.39, 0.29) is 24.3 Å². The molecule has 0 fully saturated rings. The minimum Gasteiger partial charge on any atom is -0.457 e. The van der Waals surface area contributed by atoms with E-state index in [9.17, 15) is 9.59 Å². The number of ether oxygens (including phenoxy) is 1. The zero-order valence-electron chi connectivity index (χ0n) is 13.3. The van der Waals surface area contributed by atoms with Crippen LogP contribution in [0.2, 0.25) is 0 Å². The number of ketones is 1. The predicted molar refractivity (Wildman–Crippen MR) is 89.4 cm³/mol. The molecule has 3 rings (SSSR count). The number of aromatic amines is 1.